The number of carbonyl (C=O) groups is 2. The van der Waals surface area contributed by atoms with E-state index in [0.717, 1.165) is 32.1 Å². The molecule has 0 aliphatic carbocycles. The lowest BCUT2D eigenvalue weighted by atomic mass is 9.98. The molecule has 1 fully saturated rings. The molecule has 1 saturated heterocycles. The first-order chi connectivity index (χ1) is 11.2. The van der Waals surface area contributed by atoms with Crippen molar-refractivity contribution in [2.24, 2.45) is 0 Å². The van der Waals surface area contributed by atoms with Gasteiger partial charge in [0, 0.05) is 18.4 Å². The van der Waals surface area contributed by atoms with E-state index in [1.165, 1.54) is 25.7 Å². The molecule has 2 aliphatic rings. The second-order valence-corrected chi connectivity index (χ2v) is 6.66. The molecule has 2 rings (SSSR count). The van der Waals surface area contributed by atoms with Crippen molar-refractivity contribution in [2.75, 3.05) is 13.2 Å². The van der Waals surface area contributed by atoms with Crippen molar-refractivity contribution >= 4 is 11.9 Å². The van der Waals surface area contributed by atoms with Gasteiger partial charge in [-0.15, -0.1) is 0 Å². The van der Waals surface area contributed by atoms with Crippen molar-refractivity contribution < 1.29 is 24.2 Å². The molecule has 130 valence electrons. The highest BCUT2D eigenvalue weighted by molar-refractivity contribution is 5.91. The Morgan fingerprint density at radius 2 is 1.65 bits per heavy atom. The summed E-state index contributed by atoms with van der Waals surface area (Å²) >= 11 is 0. The summed E-state index contributed by atoms with van der Waals surface area (Å²) in [6.07, 6.45) is 12.4. The molecule has 0 amide bonds. The molecular weight excluding hydrogens is 296 g/mol. The molecule has 2 bridgehead atoms. The van der Waals surface area contributed by atoms with Crippen LogP contribution >= 0.6 is 0 Å². The van der Waals surface area contributed by atoms with E-state index in [1.54, 1.807) is 0 Å². The number of esters is 2. The number of allylic oxidation sites excluding steroid dienone is 1. The molecule has 23 heavy (non-hydrogen) atoms. The van der Waals surface area contributed by atoms with E-state index in [1.807, 2.05) is 6.08 Å². The van der Waals surface area contributed by atoms with Crippen LogP contribution in [0.5, 0.6) is 0 Å². The minimum atomic E-state index is -1.09. The third kappa shape index (κ3) is 5.65. The van der Waals surface area contributed by atoms with Crippen molar-refractivity contribution in [3.8, 4) is 0 Å². The second kappa shape index (κ2) is 9.06. The van der Waals surface area contributed by atoms with Gasteiger partial charge in [0.05, 0.1) is 6.61 Å². The van der Waals surface area contributed by atoms with Crippen molar-refractivity contribution in [1.29, 1.82) is 0 Å². The zero-order chi connectivity index (χ0) is 16.5. The molecule has 5 nitrogen and oxygen atoms in total. The largest absolute Gasteiger partial charge is 0.461 e. The number of rotatable bonds is 1. The maximum absolute atomic E-state index is 12.0. The number of cyclic esters (lactones) is 1. The summed E-state index contributed by atoms with van der Waals surface area (Å²) in [4.78, 5) is 23.7. The van der Waals surface area contributed by atoms with Crippen molar-refractivity contribution in [3.05, 3.63) is 11.6 Å². The molecule has 2 aliphatic heterocycles. The van der Waals surface area contributed by atoms with Crippen molar-refractivity contribution in [1.82, 2.24) is 0 Å². The Labute approximate surface area is 138 Å². The Balaban J connectivity index is 1.98. The minimum Gasteiger partial charge on any atom is -0.461 e. The van der Waals surface area contributed by atoms with Gasteiger partial charge in [-0.25, -0.2) is 4.79 Å². The molecule has 1 unspecified atom stereocenters. The normalized spacial score (nSPS) is 30.7. The lowest BCUT2D eigenvalue weighted by molar-refractivity contribution is -0.166. The highest BCUT2D eigenvalue weighted by Gasteiger charge is 2.44. The van der Waals surface area contributed by atoms with Gasteiger partial charge < -0.3 is 14.6 Å². The van der Waals surface area contributed by atoms with E-state index in [9.17, 15) is 14.7 Å². The third-order valence-corrected chi connectivity index (χ3v) is 4.59. The maximum atomic E-state index is 12.0. The van der Waals surface area contributed by atoms with Crippen LogP contribution in [0.2, 0.25) is 0 Å². The lowest BCUT2D eigenvalue weighted by Gasteiger charge is -2.24. The molecule has 0 aromatic carbocycles. The van der Waals surface area contributed by atoms with Gasteiger partial charge in [-0.05, 0) is 19.3 Å². The summed E-state index contributed by atoms with van der Waals surface area (Å²) in [5.41, 5.74) is -0.494. The third-order valence-electron chi connectivity index (χ3n) is 4.59. The summed E-state index contributed by atoms with van der Waals surface area (Å²) in [6, 6.07) is 0. The van der Waals surface area contributed by atoms with Gasteiger partial charge in [0.2, 0.25) is 0 Å². The zero-order valence-corrected chi connectivity index (χ0v) is 13.8. The quantitative estimate of drug-likeness (QED) is 0.751. The van der Waals surface area contributed by atoms with Gasteiger partial charge in [0.25, 0.3) is 0 Å². The smallest absolute Gasteiger partial charge is 0.334 e. The topological polar surface area (TPSA) is 72.8 Å². The Kier molecular flexibility index (Phi) is 7.09. The van der Waals surface area contributed by atoms with Crippen LogP contribution in [0, 0.1) is 0 Å². The van der Waals surface area contributed by atoms with E-state index in [0.29, 0.717) is 18.4 Å². The van der Waals surface area contributed by atoms with Crippen LogP contribution in [0.3, 0.4) is 0 Å². The molecule has 0 aromatic rings. The van der Waals surface area contributed by atoms with E-state index in [2.05, 4.69) is 0 Å². The van der Waals surface area contributed by atoms with Crippen LogP contribution in [0.15, 0.2) is 11.6 Å². The first-order valence-electron chi connectivity index (χ1n) is 8.84. The van der Waals surface area contributed by atoms with Gasteiger partial charge in [0.15, 0.2) is 5.60 Å². The minimum absolute atomic E-state index is 0.0641. The van der Waals surface area contributed by atoms with Crippen molar-refractivity contribution in [2.45, 2.75) is 76.2 Å². The summed E-state index contributed by atoms with van der Waals surface area (Å²) in [6.45, 7) is -0.394. The van der Waals surface area contributed by atoms with Gasteiger partial charge in [-0.3, -0.25) is 4.79 Å². The fourth-order valence-electron chi connectivity index (χ4n) is 3.12. The molecule has 0 saturated carbocycles. The van der Waals surface area contributed by atoms with E-state index >= 15 is 0 Å². The Morgan fingerprint density at radius 1 is 1.00 bits per heavy atom. The Morgan fingerprint density at radius 3 is 2.35 bits per heavy atom. The maximum Gasteiger partial charge on any atom is 0.334 e. The zero-order valence-electron chi connectivity index (χ0n) is 13.8. The van der Waals surface area contributed by atoms with E-state index < -0.39 is 11.6 Å². The van der Waals surface area contributed by atoms with Crippen LogP contribution in [-0.4, -0.2) is 35.9 Å². The lowest BCUT2D eigenvalue weighted by Crippen LogP contribution is -2.39. The van der Waals surface area contributed by atoms with E-state index in [4.69, 9.17) is 9.47 Å². The average molecular weight is 324 g/mol. The molecule has 1 N–H and O–H groups in total. The molecular formula is C18H28O5. The first-order valence-corrected chi connectivity index (χ1v) is 8.84. The molecule has 0 aromatic heterocycles. The number of aliphatic hydroxyl groups is 1. The average Bonchev–Trinajstić information content (AvgIpc) is 2.87. The molecule has 1 atom stereocenters. The van der Waals surface area contributed by atoms with Gasteiger partial charge in [0.1, 0.15) is 6.61 Å². The summed E-state index contributed by atoms with van der Waals surface area (Å²) in [7, 11) is 0. The monoisotopic (exact) mass is 324 g/mol. The fourth-order valence-corrected chi connectivity index (χ4v) is 3.12. The summed E-state index contributed by atoms with van der Waals surface area (Å²) < 4.78 is 10.6. The second-order valence-electron chi connectivity index (χ2n) is 6.66. The van der Waals surface area contributed by atoms with Crippen molar-refractivity contribution in [3.63, 3.8) is 0 Å². The van der Waals surface area contributed by atoms with Crippen LogP contribution in [0.4, 0.5) is 0 Å². The number of carbonyl (C=O) groups excluding carboxylic acids is 2. The number of ether oxygens (including phenoxy) is 2. The van der Waals surface area contributed by atoms with Gasteiger partial charge in [-0.1, -0.05) is 44.6 Å². The predicted octanol–water partition coefficient (Wildman–Crippen LogP) is 3.05. The number of hydrogen-bond acceptors (Lipinski definition) is 5. The fraction of sp³-hybridized carbons (Fsp3) is 0.778. The highest BCUT2D eigenvalue weighted by Crippen LogP contribution is 2.31. The Hall–Kier alpha value is -1.36. The van der Waals surface area contributed by atoms with Crippen LogP contribution in [0.1, 0.15) is 70.6 Å². The standard InChI is InChI=1S/C18H28O5/c19-13-18-12-15(17(21)23-18)10-8-6-4-2-1-3-5-7-9-11-16(20)22-14-18/h10,19H,1-9,11-14H2/b15-10+. The van der Waals surface area contributed by atoms with E-state index in [-0.39, 0.29) is 19.2 Å². The number of fused-ring (bicyclic) bond motifs is 2. The van der Waals surface area contributed by atoms with Crippen LogP contribution in [0.25, 0.3) is 0 Å². The summed E-state index contributed by atoms with van der Waals surface area (Å²) in [5.74, 6) is -0.674. The first kappa shape index (κ1) is 18.0. The predicted molar refractivity (Wildman–Crippen MR) is 85.7 cm³/mol. The highest BCUT2D eigenvalue weighted by atomic mass is 16.6. The van der Waals surface area contributed by atoms with Crippen LogP contribution < -0.4 is 0 Å². The molecule has 0 spiro atoms. The SMILES string of the molecule is O=C1CCCCCCCCCC/C=C2\CC(CO)(CO1)OC2=O. The van der Waals surface area contributed by atoms with Crippen LogP contribution in [-0.2, 0) is 19.1 Å². The Bertz CT molecular complexity index is 443. The molecule has 5 heteroatoms. The number of aliphatic hydroxyl groups excluding tert-OH is 1. The van der Waals surface area contributed by atoms with Gasteiger partial charge in [-0.2, -0.15) is 0 Å². The number of hydrogen-bond donors (Lipinski definition) is 1. The molecule has 2 heterocycles. The molecule has 0 radical (unpaired) electrons. The van der Waals surface area contributed by atoms with Gasteiger partial charge >= 0.3 is 11.9 Å². The summed E-state index contributed by atoms with van der Waals surface area (Å²) in [5, 5.41) is 9.60.